The molecule has 0 aromatic carbocycles. The maximum atomic E-state index is 11.5. The van der Waals surface area contributed by atoms with E-state index in [0.717, 1.165) is 18.4 Å². The predicted molar refractivity (Wildman–Crippen MR) is 60.9 cm³/mol. The third kappa shape index (κ3) is 4.21. The van der Waals surface area contributed by atoms with Crippen molar-refractivity contribution < 1.29 is 9.59 Å². The van der Waals surface area contributed by atoms with Crippen LogP contribution in [0.25, 0.3) is 0 Å². The van der Waals surface area contributed by atoms with Crippen LogP contribution in [-0.4, -0.2) is 35.7 Å². The lowest BCUT2D eigenvalue weighted by atomic mass is 10.2. The molecule has 4 nitrogen and oxygen atoms in total. The van der Waals surface area contributed by atoms with Crippen LogP contribution < -0.4 is 0 Å². The van der Waals surface area contributed by atoms with Crippen LogP contribution in [0.3, 0.4) is 0 Å². The molecule has 0 aliphatic rings. The first kappa shape index (κ1) is 12.4. The van der Waals surface area contributed by atoms with Crippen LogP contribution in [-0.2, 0) is 16.0 Å². The van der Waals surface area contributed by atoms with Crippen molar-refractivity contribution in [3.05, 3.63) is 30.1 Å². The van der Waals surface area contributed by atoms with Gasteiger partial charge in [-0.05, 0) is 12.1 Å². The van der Waals surface area contributed by atoms with Crippen LogP contribution in [0.5, 0.6) is 0 Å². The Morgan fingerprint density at radius 2 is 2.31 bits per heavy atom. The summed E-state index contributed by atoms with van der Waals surface area (Å²) < 4.78 is 0. The standard InChI is InChI=1S/C12H16N2O2/c1-14(12(16)6-4-10-15)9-7-11-5-2-3-8-13-11/h2-3,5,8,10H,4,6-7,9H2,1H3. The molecule has 16 heavy (non-hydrogen) atoms. The molecule has 0 radical (unpaired) electrons. The highest BCUT2D eigenvalue weighted by atomic mass is 16.2. The molecule has 0 aliphatic carbocycles. The second kappa shape index (κ2) is 6.71. The lowest BCUT2D eigenvalue weighted by Gasteiger charge is -2.16. The van der Waals surface area contributed by atoms with Gasteiger partial charge in [0.1, 0.15) is 6.29 Å². The molecule has 1 heterocycles. The van der Waals surface area contributed by atoms with Crippen molar-refractivity contribution in [1.82, 2.24) is 9.88 Å². The number of pyridine rings is 1. The second-order valence-corrected chi connectivity index (χ2v) is 3.59. The van der Waals surface area contributed by atoms with Gasteiger partial charge >= 0.3 is 0 Å². The molecule has 0 fully saturated rings. The van der Waals surface area contributed by atoms with Crippen molar-refractivity contribution in [1.29, 1.82) is 0 Å². The molecular formula is C12H16N2O2. The summed E-state index contributed by atoms with van der Waals surface area (Å²) in [5, 5.41) is 0. The number of hydrogen-bond acceptors (Lipinski definition) is 3. The maximum absolute atomic E-state index is 11.5. The van der Waals surface area contributed by atoms with Gasteiger partial charge in [-0.25, -0.2) is 0 Å². The summed E-state index contributed by atoms with van der Waals surface area (Å²) in [7, 11) is 1.75. The van der Waals surface area contributed by atoms with Crippen molar-refractivity contribution >= 4 is 12.2 Å². The van der Waals surface area contributed by atoms with E-state index in [1.54, 1.807) is 18.1 Å². The molecule has 0 aliphatic heterocycles. The molecule has 0 atom stereocenters. The zero-order valence-corrected chi connectivity index (χ0v) is 9.43. The largest absolute Gasteiger partial charge is 0.345 e. The van der Waals surface area contributed by atoms with Gasteiger partial charge in [0, 0.05) is 44.7 Å². The lowest BCUT2D eigenvalue weighted by Crippen LogP contribution is -2.28. The third-order valence-electron chi connectivity index (χ3n) is 2.33. The van der Waals surface area contributed by atoms with E-state index in [0.29, 0.717) is 19.4 Å². The average Bonchev–Trinajstić information content (AvgIpc) is 2.34. The Bertz CT molecular complexity index is 338. The summed E-state index contributed by atoms with van der Waals surface area (Å²) in [6, 6.07) is 5.72. The van der Waals surface area contributed by atoms with Crippen LogP contribution in [0.15, 0.2) is 24.4 Å². The van der Waals surface area contributed by atoms with Gasteiger partial charge < -0.3 is 9.69 Å². The van der Waals surface area contributed by atoms with Gasteiger partial charge in [0.15, 0.2) is 0 Å². The molecular weight excluding hydrogens is 204 g/mol. The van der Waals surface area contributed by atoms with Gasteiger partial charge in [-0.3, -0.25) is 9.78 Å². The van der Waals surface area contributed by atoms with E-state index < -0.39 is 0 Å². The molecule has 0 saturated carbocycles. The molecule has 0 bridgehead atoms. The van der Waals surface area contributed by atoms with E-state index in [-0.39, 0.29) is 5.91 Å². The highest BCUT2D eigenvalue weighted by Crippen LogP contribution is 1.99. The van der Waals surface area contributed by atoms with Crippen molar-refractivity contribution in [2.45, 2.75) is 19.3 Å². The van der Waals surface area contributed by atoms with Crippen molar-refractivity contribution in [2.75, 3.05) is 13.6 Å². The SMILES string of the molecule is CN(CCc1ccccn1)C(=O)CCC=O. The number of aldehydes is 1. The Kier molecular flexibility index (Phi) is 5.19. The Balaban J connectivity index is 2.32. The van der Waals surface area contributed by atoms with Gasteiger partial charge in [0.25, 0.3) is 0 Å². The number of hydrogen-bond donors (Lipinski definition) is 0. The topological polar surface area (TPSA) is 50.3 Å². The molecule has 1 amide bonds. The fraction of sp³-hybridized carbons (Fsp3) is 0.417. The first-order valence-corrected chi connectivity index (χ1v) is 5.31. The normalized spacial score (nSPS) is 9.81. The average molecular weight is 220 g/mol. The van der Waals surface area contributed by atoms with Gasteiger partial charge in [-0.2, -0.15) is 0 Å². The van der Waals surface area contributed by atoms with Gasteiger partial charge in [0.05, 0.1) is 0 Å². The van der Waals surface area contributed by atoms with Crippen LogP contribution in [0.2, 0.25) is 0 Å². The zero-order chi connectivity index (χ0) is 11.8. The first-order valence-electron chi connectivity index (χ1n) is 5.31. The van der Waals surface area contributed by atoms with Crippen LogP contribution in [0.4, 0.5) is 0 Å². The number of rotatable bonds is 6. The molecule has 1 rings (SSSR count). The summed E-state index contributed by atoms with van der Waals surface area (Å²) >= 11 is 0. The second-order valence-electron chi connectivity index (χ2n) is 3.59. The number of carbonyl (C=O) groups excluding carboxylic acids is 2. The predicted octanol–water partition coefficient (Wildman–Crippen LogP) is 1.06. The minimum Gasteiger partial charge on any atom is -0.345 e. The van der Waals surface area contributed by atoms with Gasteiger partial charge in [0.2, 0.25) is 5.91 Å². The number of nitrogens with zero attached hydrogens (tertiary/aromatic N) is 2. The van der Waals surface area contributed by atoms with Gasteiger partial charge in [-0.15, -0.1) is 0 Å². The van der Waals surface area contributed by atoms with Gasteiger partial charge in [-0.1, -0.05) is 6.07 Å². The van der Waals surface area contributed by atoms with Crippen LogP contribution in [0, 0.1) is 0 Å². The quantitative estimate of drug-likeness (QED) is 0.674. The van der Waals surface area contributed by atoms with E-state index >= 15 is 0 Å². The van der Waals surface area contributed by atoms with Crippen LogP contribution in [0.1, 0.15) is 18.5 Å². The number of carbonyl (C=O) groups is 2. The highest BCUT2D eigenvalue weighted by Gasteiger charge is 2.07. The maximum Gasteiger partial charge on any atom is 0.222 e. The third-order valence-corrected chi connectivity index (χ3v) is 2.33. The molecule has 0 N–H and O–H groups in total. The highest BCUT2D eigenvalue weighted by molar-refractivity contribution is 5.77. The monoisotopic (exact) mass is 220 g/mol. The molecule has 1 aromatic rings. The Morgan fingerprint density at radius 3 is 2.94 bits per heavy atom. The fourth-order valence-corrected chi connectivity index (χ4v) is 1.33. The minimum absolute atomic E-state index is 0.00281. The van der Waals surface area contributed by atoms with Crippen molar-refractivity contribution in [2.24, 2.45) is 0 Å². The molecule has 0 spiro atoms. The number of amides is 1. The summed E-state index contributed by atoms with van der Waals surface area (Å²) in [6.07, 6.45) is 3.84. The summed E-state index contributed by atoms with van der Waals surface area (Å²) in [6.45, 7) is 0.634. The fourth-order valence-electron chi connectivity index (χ4n) is 1.33. The van der Waals surface area contributed by atoms with E-state index in [9.17, 15) is 9.59 Å². The molecule has 0 saturated heterocycles. The van der Waals surface area contributed by atoms with Crippen molar-refractivity contribution in [3.8, 4) is 0 Å². The van der Waals surface area contributed by atoms with E-state index in [4.69, 9.17) is 0 Å². The van der Waals surface area contributed by atoms with E-state index in [1.165, 1.54) is 0 Å². The summed E-state index contributed by atoms with van der Waals surface area (Å²) in [5.74, 6) is 0.00281. The van der Waals surface area contributed by atoms with E-state index in [2.05, 4.69) is 4.98 Å². The molecule has 4 heteroatoms. The Labute approximate surface area is 95.3 Å². The summed E-state index contributed by atoms with van der Waals surface area (Å²) in [5.41, 5.74) is 0.970. The van der Waals surface area contributed by atoms with Crippen molar-refractivity contribution in [3.63, 3.8) is 0 Å². The van der Waals surface area contributed by atoms with Crippen LogP contribution >= 0.6 is 0 Å². The Hall–Kier alpha value is -1.71. The molecule has 0 unspecified atom stereocenters. The zero-order valence-electron chi connectivity index (χ0n) is 9.43. The minimum atomic E-state index is 0.00281. The summed E-state index contributed by atoms with van der Waals surface area (Å²) in [4.78, 5) is 27.4. The smallest absolute Gasteiger partial charge is 0.222 e. The van der Waals surface area contributed by atoms with E-state index in [1.807, 2.05) is 18.2 Å². The number of likely N-dealkylation sites (N-methyl/N-ethyl adjacent to an activating group) is 1. The number of aromatic nitrogens is 1. The molecule has 86 valence electrons. The molecule has 1 aromatic heterocycles. The first-order chi connectivity index (χ1) is 7.74. The Morgan fingerprint density at radius 1 is 1.50 bits per heavy atom. The lowest BCUT2D eigenvalue weighted by molar-refractivity contribution is -0.130.